The Morgan fingerprint density at radius 3 is 2.73 bits per heavy atom. The van der Waals surface area contributed by atoms with Crippen molar-refractivity contribution in [3.05, 3.63) is 47.0 Å². The van der Waals surface area contributed by atoms with E-state index in [1.165, 1.54) is 7.11 Å². The average molecular weight is 351 g/mol. The Labute approximate surface area is 151 Å². The number of aromatic nitrogens is 2. The van der Waals surface area contributed by atoms with Gasteiger partial charge in [0.15, 0.2) is 0 Å². The topological polar surface area (TPSA) is 89.8 Å². The molecule has 2 heterocycles. The number of ether oxygens (including phenoxy) is 1. The maximum absolute atomic E-state index is 12.5. The number of hydrogen-bond donors (Lipinski definition) is 2. The third-order valence-electron chi connectivity index (χ3n) is 5.15. The van der Waals surface area contributed by atoms with Crippen LogP contribution < -0.4 is 5.73 Å². The number of esters is 1. The molecule has 0 bridgehead atoms. The molecule has 26 heavy (non-hydrogen) atoms. The second-order valence-corrected chi connectivity index (χ2v) is 6.87. The van der Waals surface area contributed by atoms with Crippen molar-refractivity contribution in [2.45, 2.75) is 32.6 Å². The number of nitrogen functional groups attached to an aromatic ring is 1. The second-order valence-electron chi connectivity index (χ2n) is 6.87. The molecule has 134 valence electrons. The Balaban J connectivity index is 2.10. The summed E-state index contributed by atoms with van der Waals surface area (Å²) in [6.07, 6.45) is 5.79. The van der Waals surface area contributed by atoms with Crippen LogP contribution in [0, 0.1) is 13.8 Å². The van der Waals surface area contributed by atoms with Crippen LogP contribution in [0.2, 0.25) is 0 Å². The zero-order chi connectivity index (χ0) is 18.6. The monoisotopic (exact) mass is 351 g/mol. The van der Waals surface area contributed by atoms with Crippen LogP contribution in [0.1, 0.15) is 46.1 Å². The van der Waals surface area contributed by atoms with Crippen LogP contribution in [-0.2, 0) is 4.74 Å². The van der Waals surface area contributed by atoms with Gasteiger partial charge in [-0.1, -0.05) is 6.07 Å². The Morgan fingerprint density at radius 1 is 1.35 bits per heavy atom. The highest BCUT2D eigenvalue weighted by Crippen LogP contribution is 2.43. The summed E-state index contributed by atoms with van der Waals surface area (Å²) in [7, 11) is 1.34. The number of phenolic OH excluding ortho intramolecular Hbond substituents is 1. The number of nitrogens with zero attached hydrogens (tertiary/aromatic N) is 2. The molecule has 0 aliphatic heterocycles. The number of hydrogen-bond acceptors (Lipinski definition) is 5. The number of carbonyl (C=O) groups is 1. The summed E-state index contributed by atoms with van der Waals surface area (Å²) >= 11 is 0. The molecule has 6 heteroatoms. The van der Waals surface area contributed by atoms with Gasteiger partial charge in [-0.3, -0.25) is 0 Å². The van der Waals surface area contributed by atoms with Crippen LogP contribution in [0.15, 0.2) is 24.5 Å². The minimum atomic E-state index is -0.493. The van der Waals surface area contributed by atoms with Gasteiger partial charge in [-0.25, -0.2) is 9.78 Å². The highest BCUT2D eigenvalue weighted by Gasteiger charge is 2.30. The van der Waals surface area contributed by atoms with Gasteiger partial charge in [0.25, 0.3) is 0 Å². The Hall–Kier alpha value is -3.02. The van der Waals surface area contributed by atoms with E-state index in [1.54, 1.807) is 12.3 Å². The van der Waals surface area contributed by atoms with Gasteiger partial charge in [0, 0.05) is 17.7 Å². The Bertz CT molecular complexity index is 1050. The van der Waals surface area contributed by atoms with Crippen LogP contribution in [-0.4, -0.2) is 27.6 Å². The number of anilines is 1. The van der Waals surface area contributed by atoms with Crippen molar-refractivity contribution in [1.82, 2.24) is 9.38 Å². The summed E-state index contributed by atoms with van der Waals surface area (Å²) in [5.41, 5.74) is 10.9. The first-order valence-corrected chi connectivity index (χ1v) is 8.61. The molecule has 1 fully saturated rings. The van der Waals surface area contributed by atoms with E-state index in [4.69, 9.17) is 10.5 Å². The molecule has 0 atom stereocenters. The van der Waals surface area contributed by atoms with E-state index in [0.29, 0.717) is 28.2 Å². The average Bonchev–Trinajstić information content (AvgIpc) is 3.38. The van der Waals surface area contributed by atoms with Crippen molar-refractivity contribution < 1.29 is 14.6 Å². The fraction of sp³-hybridized carbons (Fsp3) is 0.300. The van der Waals surface area contributed by atoms with E-state index in [1.807, 2.05) is 30.5 Å². The maximum Gasteiger partial charge on any atom is 0.342 e. The quantitative estimate of drug-likeness (QED) is 0.704. The molecule has 2 aromatic heterocycles. The van der Waals surface area contributed by atoms with E-state index < -0.39 is 5.97 Å². The number of carbonyl (C=O) groups excluding carboxylic acids is 1. The fourth-order valence-electron chi connectivity index (χ4n) is 3.58. The van der Waals surface area contributed by atoms with Gasteiger partial charge in [0.05, 0.1) is 24.5 Å². The van der Waals surface area contributed by atoms with Gasteiger partial charge in [0.2, 0.25) is 0 Å². The molecule has 0 radical (unpaired) electrons. The van der Waals surface area contributed by atoms with Crippen LogP contribution >= 0.6 is 0 Å². The molecule has 0 saturated heterocycles. The predicted molar refractivity (Wildman–Crippen MR) is 99.5 cm³/mol. The molecule has 3 aromatic rings. The van der Waals surface area contributed by atoms with Crippen LogP contribution in [0.4, 0.5) is 5.69 Å². The zero-order valence-corrected chi connectivity index (χ0v) is 15.0. The maximum atomic E-state index is 12.5. The first kappa shape index (κ1) is 16.4. The standard InChI is InChI=1S/C20H21N3O3/c1-10-4-7-15(24)11(2)16(10)13-9-23-14(8-22-19(23)12-5-6-12)17(18(13)21)20(25)26-3/h4,7-9,12,24H,5-6,21H2,1-3H3. The Kier molecular flexibility index (Phi) is 3.64. The van der Waals surface area contributed by atoms with Crippen molar-refractivity contribution in [2.24, 2.45) is 0 Å². The molecular weight excluding hydrogens is 330 g/mol. The highest BCUT2D eigenvalue weighted by molar-refractivity contribution is 6.06. The number of aryl methyl sites for hydroxylation is 1. The number of benzene rings is 1. The van der Waals surface area contributed by atoms with Crippen LogP contribution in [0.3, 0.4) is 0 Å². The third kappa shape index (κ3) is 2.33. The van der Waals surface area contributed by atoms with Crippen molar-refractivity contribution in [3.63, 3.8) is 0 Å². The van der Waals surface area contributed by atoms with Crippen molar-refractivity contribution in [2.75, 3.05) is 12.8 Å². The molecule has 0 amide bonds. The van der Waals surface area contributed by atoms with Crippen molar-refractivity contribution in [3.8, 4) is 16.9 Å². The normalized spacial score (nSPS) is 14.0. The Morgan fingerprint density at radius 2 is 2.08 bits per heavy atom. The summed E-state index contributed by atoms with van der Waals surface area (Å²) < 4.78 is 6.92. The fourth-order valence-corrected chi connectivity index (χ4v) is 3.58. The van der Waals surface area contributed by atoms with E-state index in [-0.39, 0.29) is 5.75 Å². The van der Waals surface area contributed by atoms with Gasteiger partial charge in [-0.05, 0) is 49.4 Å². The number of pyridine rings is 1. The largest absolute Gasteiger partial charge is 0.508 e. The van der Waals surface area contributed by atoms with Gasteiger partial charge in [-0.15, -0.1) is 0 Å². The zero-order valence-electron chi connectivity index (χ0n) is 15.0. The molecule has 0 spiro atoms. The summed E-state index contributed by atoms with van der Waals surface area (Å²) in [6.45, 7) is 3.80. The molecular formula is C20H21N3O3. The molecule has 6 nitrogen and oxygen atoms in total. The van der Waals surface area contributed by atoms with Crippen LogP contribution in [0.25, 0.3) is 16.6 Å². The van der Waals surface area contributed by atoms with Gasteiger partial charge in [0.1, 0.15) is 17.1 Å². The van der Waals surface area contributed by atoms with Crippen molar-refractivity contribution >= 4 is 17.2 Å². The smallest absolute Gasteiger partial charge is 0.342 e. The second kappa shape index (κ2) is 5.76. The lowest BCUT2D eigenvalue weighted by molar-refractivity contribution is 0.0603. The van der Waals surface area contributed by atoms with Crippen molar-refractivity contribution in [1.29, 1.82) is 0 Å². The minimum absolute atomic E-state index is 0.192. The molecule has 0 unspecified atom stereocenters. The van der Waals surface area contributed by atoms with E-state index >= 15 is 0 Å². The summed E-state index contributed by atoms with van der Waals surface area (Å²) in [6, 6.07) is 3.51. The molecule has 3 N–H and O–H groups in total. The number of imidazole rings is 1. The number of phenols is 1. The minimum Gasteiger partial charge on any atom is -0.508 e. The van der Waals surface area contributed by atoms with Crippen LogP contribution in [0.5, 0.6) is 5.75 Å². The number of methoxy groups -OCH3 is 1. The lowest BCUT2D eigenvalue weighted by Crippen LogP contribution is -2.11. The van der Waals surface area contributed by atoms with Gasteiger partial charge >= 0.3 is 5.97 Å². The lowest BCUT2D eigenvalue weighted by Gasteiger charge is -2.17. The number of aromatic hydroxyl groups is 1. The molecule has 1 saturated carbocycles. The molecule has 4 rings (SSSR count). The molecule has 1 aliphatic rings. The van der Waals surface area contributed by atoms with E-state index in [0.717, 1.165) is 35.4 Å². The summed E-state index contributed by atoms with van der Waals surface area (Å²) in [5.74, 6) is 1.04. The SMILES string of the molecule is COC(=O)c1c(N)c(-c2c(C)ccc(O)c2C)cn2c(C3CC3)ncc12. The summed E-state index contributed by atoms with van der Waals surface area (Å²) in [5, 5.41) is 10.2. The predicted octanol–water partition coefficient (Wildman–Crippen LogP) is 3.57. The number of fused-ring (bicyclic) bond motifs is 1. The van der Waals surface area contributed by atoms with E-state index in [9.17, 15) is 9.90 Å². The number of rotatable bonds is 3. The number of nitrogens with two attached hydrogens (primary N) is 1. The third-order valence-corrected chi connectivity index (χ3v) is 5.15. The van der Waals surface area contributed by atoms with Gasteiger partial charge in [-0.2, -0.15) is 0 Å². The van der Waals surface area contributed by atoms with Gasteiger partial charge < -0.3 is 20.0 Å². The highest BCUT2D eigenvalue weighted by atomic mass is 16.5. The first-order valence-electron chi connectivity index (χ1n) is 8.61. The first-order chi connectivity index (χ1) is 12.4. The molecule has 1 aliphatic carbocycles. The molecule has 1 aromatic carbocycles. The lowest BCUT2D eigenvalue weighted by atomic mass is 9.93. The van der Waals surface area contributed by atoms with E-state index in [2.05, 4.69) is 4.98 Å². The summed E-state index contributed by atoms with van der Waals surface area (Å²) in [4.78, 5) is 17.0.